The van der Waals surface area contributed by atoms with E-state index in [4.69, 9.17) is 8.92 Å². The maximum absolute atomic E-state index is 11.6. The molecule has 46 heavy (non-hydrogen) atoms. The molecule has 2 saturated carbocycles. The Hall–Kier alpha value is -3.74. The summed E-state index contributed by atoms with van der Waals surface area (Å²) in [5.41, 5.74) is 0. The van der Waals surface area contributed by atoms with E-state index in [0.717, 1.165) is 0 Å². The van der Waals surface area contributed by atoms with Crippen LogP contribution in [0, 0.1) is 11.8 Å². The van der Waals surface area contributed by atoms with E-state index >= 15 is 0 Å². The van der Waals surface area contributed by atoms with Gasteiger partial charge in [-0.1, -0.05) is 78.9 Å². The second kappa shape index (κ2) is 12.1. The number of hydrogen-bond donors (Lipinski definition) is 0. The van der Waals surface area contributed by atoms with Crippen LogP contribution in [0.1, 0.15) is 12.8 Å². The van der Waals surface area contributed by atoms with Crippen LogP contribution >= 0.6 is 0 Å². The fourth-order valence-electron chi connectivity index (χ4n) is 7.05. The van der Waals surface area contributed by atoms with Crippen molar-refractivity contribution in [2.24, 2.45) is 11.8 Å². The van der Waals surface area contributed by atoms with Crippen LogP contribution in [0.15, 0.2) is 130 Å². The van der Waals surface area contributed by atoms with Crippen LogP contribution < -0.4 is 0 Å². The number of benzene rings is 5. The number of esters is 1. The number of fused-ring (bicyclic) bond motifs is 3. The van der Waals surface area contributed by atoms with Crippen molar-refractivity contribution < 1.29 is 35.1 Å². The normalized spacial score (nSPS) is 24.2. The molecule has 0 N–H and O–H groups in total. The number of hydrogen-bond acceptors (Lipinski definition) is 8. The molecule has 1 heterocycles. The predicted octanol–water partition coefficient (Wildman–Crippen LogP) is 5.67. The van der Waals surface area contributed by atoms with Gasteiger partial charge in [0.25, 0.3) is 10.1 Å². The molecule has 3 aliphatic rings. The van der Waals surface area contributed by atoms with E-state index in [2.05, 4.69) is 115 Å². The Morgan fingerprint density at radius 1 is 0.783 bits per heavy atom. The third kappa shape index (κ3) is 5.93. The lowest BCUT2D eigenvalue weighted by Gasteiger charge is -2.25. The molecular weight excluding hydrogens is 645 g/mol. The quantitative estimate of drug-likeness (QED) is 0.0977. The third-order valence-corrected chi connectivity index (χ3v) is 13.6. The van der Waals surface area contributed by atoms with Gasteiger partial charge in [0.1, 0.15) is 39.0 Å². The second-order valence-corrected chi connectivity index (χ2v) is 16.9. The lowest BCUT2D eigenvalue weighted by Crippen LogP contribution is -2.38. The smallest absolute Gasteiger partial charge is 0.320 e. The summed E-state index contributed by atoms with van der Waals surface area (Å²) < 4.78 is 64.5. The molecule has 11 heteroatoms. The topological polar surface area (TPSA) is 127 Å². The molecule has 5 aromatic rings. The van der Waals surface area contributed by atoms with E-state index in [1.807, 2.05) is 0 Å². The van der Waals surface area contributed by atoms with Gasteiger partial charge in [-0.25, -0.2) is 8.42 Å². The summed E-state index contributed by atoms with van der Waals surface area (Å²) in [6.07, 6.45) is -0.567. The monoisotopic (exact) mass is 674 g/mol. The fraction of sp³-hybridized carbons (Fsp3) is 0.229. The fourth-order valence-corrected chi connectivity index (χ4v) is 11.7. The highest BCUT2D eigenvalue weighted by molar-refractivity contribution is 7.97. The van der Waals surface area contributed by atoms with Gasteiger partial charge in [0.2, 0.25) is 0 Å². The van der Waals surface area contributed by atoms with E-state index in [1.54, 1.807) is 0 Å². The molecule has 1 saturated heterocycles. The average Bonchev–Trinajstić information content (AvgIpc) is 3.66. The largest absolute Gasteiger partial charge is 0.748 e. The van der Waals surface area contributed by atoms with E-state index < -0.39 is 49.4 Å². The van der Waals surface area contributed by atoms with Crippen molar-refractivity contribution in [1.82, 2.24) is 0 Å². The molecule has 8 nitrogen and oxygen atoms in total. The Morgan fingerprint density at radius 3 is 1.91 bits per heavy atom. The lowest BCUT2D eigenvalue weighted by molar-refractivity contribution is -0.152. The molecule has 0 spiro atoms. The molecule has 0 aromatic heterocycles. The van der Waals surface area contributed by atoms with Crippen LogP contribution in [0.3, 0.4) is 0 Å². The predicted molar refractivity (Wildman–Crippen MR) is 175 cm³/mol. The highest BCUT2D eigenvalue weighted by atomic mass is 32.2. The molecule has 5 unspecified atom stereocenters. The van der Waals surface area contributed by atoms with Crippen molar-refractivity contribution in [2.75, 3.05) is 5.75 Å². The third-order valence-electron chi connectivity index (χ3n) is 8.89. The first-order valence-corrected chi connectivity index (χ1v) is 19.2. The van der Waals surface area contributed by atoms with Gasteiger partial charge in [-0.05, 0) is 60.0 Å². The first-order chi connectivity index (χ1) is 22.1. The van der Waals surface area contributed by atoms with Crippen molar-refractivity contribution >= 4 is 58.6 Å². The minimum absolute atomic E-state index is 0.143. The van der Waals surface area contributed by atoms with E-state index in [1.165, 1.54) is 36.2 Å². The van der Waals surface area contributed by atoms with Gasteiger partial charge >= 0.3 is 5.97 Å². The summed E-state index contributed by atoms with van der Waals surface area (Å²) in [6, 6.07) is 41.7. The standard InChI is InChI=1S/C26H19S.C9H12O8S2/c1-2-14-22(15-3-1)27(25-18-8-12-20-10-4-6-16-23(20)25)26-19-9-13-21-11-5-7-17-24(21)26;10-7(3-18(11,12)13)16-8-4-1-5-6(2-4)19(14,15)17-9(5)8/h1-19H;4-6,8-9H,1-3H2,(H,11,12,13)/q+1;/p-1. The van der Waals surface area contributed by atoms with Gasteiger partial charge in [0.05, 0.1) is 5.25 Å². The molecule has 3 fully saturated rings. The summed E-state index contributed by atoms with van der Waals surface area (Å²) in [5, 5.41) is 4.72. The lowest BCUT2D eigenvalue weighted by atomic mass is 9.94. The molecule has 8 rings (SSSR count). The van der Waals surface area contributed by atoms with Crippen molar-refractivity contribution in [3.63, 3.8) is 0 Å². The summed E-state index contributed by atoms with van der Waals surface area (Å²) in [4.78, 5) is 15.4. The summed E-state index contributed by atoms with van der Waals surface area (Å²) in [5.74, 6) is -2.74. The minimum atomic E-state index is -4.70. The molecule has 1 aliphatic heterocycles. The maximum Gasteiger partial charge on any atom is 0.320 e. The molecule has 0 amide bonds. The van der Waals surface area contributed by atoms with Crippen LogP contribution in [0.4, 0.5) is 0 Å². The van der Waals surface area contributed by atoms with Crippen LogP contribution in [0.25, 0.3) is 21.5 Å². The Morgan fingerprint density at radius 2 is 1.33 bits per heavy atom. The average molecular weight is 675 g/mol. The van der Waals surface area contributed by atoms with Crippen molar-refractivity contribution in [2.45, 2.75) is 45.0 Å². The van der Waals surface area contributed by atoms with Crippen molar-refractivity contribution in [3.8, 4) is 0 Å². The number of rotatable bonds is 6. The number of ether oxygens (including phenoxy) is 1. The Balaban J connectivity index is 0.000000157. The summed E-state index contributed by atoms with van der Waals surface area (Å²) in [6.45, 7) is 0. The molecule has 2 bridgehead atoms. The van der Waals surface area contributed by atoms with Crippen LogP contribution in [-0.2, 0) is 44.8 Å². The summed E-state index contributed by atoms with van der Waals surface area (Å²) in [7, 11) is -8.47. The van der Waals surface area contributed by atoms with Crippen molar-refractivity contribution in [3.05, 3.63) is 115 Å². The molecule has 2 aliphatic carbocycles. The molecule has 5 atom stereocenters. The SMILES string of the molecule is O=C(CS(=O)(=O)[O-])OC1C2CC3C1OS(=O)(=O)C3C2.c1ccc([S+](c2cccc3ccccc23)c2cccc3ccccc23)cc1. The van der Waals surface area contributed by atoms with Gasteiger partial charge in [0, 0.05) is 22.6 Å². The zero-order valence-electron chi connectivity index (χ0n) is 24.5. The Bertz CT molecular complexity index is 2060. The molecule has 0 radical (unpaired) electrons. The van der Waals surface area contributed by atoms with E-state index in [9.17, 15) is 26.2 Å². The van der Waals surface area contributed by atoms with E-state index in [0.29, 0.717) is 12.8 Å². The number of carbonyl (C=O) groups is 1. The Kier molecular flexibility index (Phi) is 8.14. The molecule has 236 valence electrons. The highest BCUT2D eigenvalue weighted by Gasteiger charge is 2.65. The molecular formula is C35H30O8S3. The van der Waals surface area contributed by atoms with Gasteiger partial charge in [-0.15, -0.1) is 0 Å². The minimum Gasteiger partial charge on any atom is -0.748 e. The van der Waals surface area contributed by atoms with E-state index in [-0.39, 0.29) is 22.7 Å². The van der Waals surface area contributed by atoms with Gasteiger partial charge in [-0.2, -0.15) is 8.42 Å². The Labute approximate surface area is 270 Å². The first-order valence-electron chi connectivity index (χ1n) is 14.9. The maximum atomic E-state index is 11.6. The van der Waals surface area contributed by atoms with Crippen molar-refractivity contribution in [1.29, 1.82) is 0 Å². The zero-order valence-corrected chi connectivity index (χ0v) is 26.9. The number of carbonyl (C=O) groups excluding carboxylic acids is 1. The highest BCUT2D eigenvalue weighted by Crippen LogP contribution is 2.55. The summed E-state index contributed by atoms with van der Waals surface area (Å²) >= 11 is 0. The second-order valence-electron chi connectivity index (χ2n) is 11.7. The van der Waals surface area contributed by atoms with Gasteiger partial charge in [-0.3, -0.25) is 8.98 Å². The molecule has 5 aromatic carbocycles. The van der Waals surface area contributed by atoms with Crippen LogP contribution in [0.2, 0.25) is 0 Å². The zero-order chi connectivity index (χ0) is 32.1. The van der Waals surface area contributed by atoms with Crippen LogP contribution in [0.5, 0.6) is 0 Å². The van der Waals surface area contributed by atoms with Gasteiger partial charge in [0.15, 0.2) is 14.7 Å². The van der Waals surface area contributed by atoms with Crippen LogP contribution in [-0.4, -0.2) is 50.6 Å². The first kappa shape index (κ1) is 30.9. The van der Waals surface area contributed by atoms with Gasteiger partial charge < -0.3 is 9.29 Å².